The monoisotopic (exact) mass is 356 g/mol. The van der Waals surface area contributed by atoms with Crippen molar-refractivity contribution in [3.8, 4) is 0 Å². The summed E-state index contributed by atoms with van der Waals surface area (Å²) in [5.74, 6) is -0.491. The van der Waals surface area contributed by atoms with Gasteiger partial charge in [0.2, 0.25) is 5.95 Å². The molecule has 1 saturated heterocycles. The highest BCUT2D eigenvalue weighted by Crippen LogP contribution is 2.28. The predicted octanol–water partition coefficient (Wildman–Crippen LogP) is 0.0306. The lowest BCUT2D eigenvalue weighted by Crippen LogP contribution is -2.58. The second-order valence-electron chi connectivity index (χ2n) is 5.10. The average molecular weight is 356 g/mol. The Morgan fingerprint density at radius 3 is 2.70 bits per heavy atom. The van der Waals surface area contributed by atoms with Gasteiger partial charge in [-0.05, 0) is 6.07 Å². The van der Waals surface area contributed by atoms with Crippen LogP contribution in [0.25, 0.3) is 0 Å². The fourth-order valence-electron chi connectivity index (χ4n) is 2.09. The number of anilines is 1. The summed E-state index contributed by atoms with van der Waals surface area (Å²) < 4.78 is 62.5. The summed E-state index contributed by atoms with van der Waals surface area (Å²) in [6.45, 7) is -0.350. The third kappa shape index (κ3) is 4.07. The van der Waals surface area contributed by atoms with Crippen molar-refractivity contribution in [2.45, 2.75) is 29.9 Å². The molecular formula is C11H15F3N4O4S. The van der Waals surface area contributed by atoms with Crippen LogP contribution in [0, 0.1) is 4.78 Å². The summed E-state index contributed by atoms with van der Waals surface area (Å²) >= 11 is 0. The number of aliphatic hydroxyl groups excluding tert-OH is 2. The molecule has 1 aromatic rings. The first-order valence-electron chi connectivity index (χ1n) is 6.37. The molecule has 1 aliphatic heterocycles. The topological polar surface area (TPSA) is 128 Å². The van der Waals surface area contributed by atoms with Crippen LogP contribution in [0.15, 0.2) is 12.3 Å². The van der Waals surface area contributed by atoms with Gasteiger partial charge in [0.15, 0.2) is 5.44 Å². The summed E-state index contributed by atoms with van der Waals surface area (Å²) in [5.41, 5.74) is -2.56. The molecule has 2 rings (SSSR count). The van der Waals surface area contributed by atoms with E-state index in [0.29, 0.717) is 6.07 Å². The highest BCUT2D eigenvalue weighted by molar-refractivity contribution is 7.92. The molecule has 5 atom stereocenters. The van der Waals surface area contributed by atoms with E-state index in [4.69, 9.17) is 9.52 Å². The molecule has 0 aromatic carbocycles. The molecule has 0 amide bonds. The Labute approximate surface area is 129 Å². The number of rotatable bonds is 3. The zero-order valence-electron chi connectivity index (χ0n) is 11.8. The molecule has 0 aliphatic carbocycles. The maximum atomic E-state index is 12.6. The van der Waals surface area contributed by atoms with E-state index >= 15 is 0 Å². The van der Waals surface area contributed by atoms with Crippen molar-refractivity contribution in [1.29, 1.82) is 4.78 Å². The van der Waals surface area contributed by atoms with Crippen LogP contribution >= 0.6 is 0 Å². The number of hydrogen-bond acceptors (Lipinski definition) is 8. The summed E-state index contributed by atoms with van der Waals surface area (Å²) in [6, 6.07) is -0.643. The van der Waals surface area contributed by atoms with Crippen LogP contribution in [0.5, 0.6) is 0 Å². The van der Waals surface area contributed by atoms with E-state index in [-0.39, 0.29) is 6.61 Å². The van der Waals surface area contributed by atoms with Crippen molar-refractivity contribution in [3.63, 3.8) is 0 Å². The molecule has 0 bridgehead atoms. The minimum Gasteiger partial charge on any atom is -0.388 e. The Hall–Kier alpha value is -1.50. The van der Waals surface area contributed by atoms with Crippen molar-refractivity contribution in [3.05, 3.63) is 18.0 Å². The zero-order valence-corrected chi connectivity index (χ0v) is 12.6. The summed E-state index contributed by atoms with van der Waals surface area (Å²) in [6.07, 6.45) is -5.63. The molecule has 0 radical (unpaired) electrons. The first-order valence-corrected chi connectivity index (χ1v) is 8.40. The highest BCUT2D eigenvalue weighted by Gasteiger charge is 2.43. The Bertz CT molecular complexity index is 669. The molecule has 23 heavy (non-hydrogen) atoms. The van der Waals surface area contributed by atoms with E-state index < -0.39 is 51.2 Å². The fourth-order valence-corrected chi connectivity index (χ4v) is 3.22. The third-order valence-corrected chi connectivity index (χ3v) is 4.49. The number of halogens is 3. The van der Waals surface area contributed by atoms with E-state index in [0.717, 1.165) is 12.5 Å². The number of nitrogens with zero attached hydrogens (tertiary/aromatic N) is 2. The van der Waals surface area contributed by atoms with Crippen molar-refractivity contribution < 1.29 is 32.3 Å². The number of nitrogens with one attached hydrogen (secondary N) is 2. The number of aliphatic hydroxyl groups is 2. The zero-order chi connectivity index (χ0) is 17.4. The highest BCUT2D eigenvalue weighted by atomic mass is 32.2. The molecule has 4 N–H and O–H groups in total. The van der Waals surface area contributed by atoms with Crippen LogP contribution in [0.4, 0.5) is 19.1 Å². The maximum Gasteiger partial charge on any atom is 0.433 e. The quantitative estimate of drug-likeness (QED) is 0.601. The molecule has 1 fully saturated rings. The van der Waals surface area contributed by atoms with E-state index in [1.54, 1.807) is 0 Å². The maximum absolute atomic E-state index is 12.6. The van der Waals surface area contributed by atoms with Crippen molar-refractivity contribution in [2.24, 2.45) is 0 Å². The van der Waals surface area contributed by atoms with Crippen molar-refractivity contribution >= 4 is 15.7 Å². The van der Waals surface area contributed by atoms with E-state index in [2.05, 4.69) is 15.3 Å². The molecule has 0 saturated carbocycles. The van der Waals surface area contributed by atoms with Gasteiger partial charge in [-0.3, -0.25) is 4.78 Å². The molecule has 1 aromatic heterocycles. The van der Waals surface area contributed by atoms with Gasteiger partial charge in [-0.25, -0.2) is 14.2 Å². The van der Waals surface area contributed by atoms with E-state index in [9.17, 15) is 27.6 Å². The van der Waals surface area contributed by atoms with Crippen molar-refractivity contribution in [1.82, 2.24) is 9.97 Å². The van der Waals surface area contributed by atoms with Gasteiger partial charge in [0.25, 0.3) is 0 Å². The van der Waals surface area contributed by atoms with Crippen LogP contribution in [-0.4, -0.2) is 60.9 Å². The Morgan fingerprint density at radius 1 is 1.48 bits per heavy atom. The summed E-state index contributed by atoms with van der Waals surface area (Å²) in [5, 5.41) is 22.0. The SMILES string of the molecule is CS(=N)(=O)[C@H]1OC[C@H](O)[C@H](O)[C@H]1Nc1nccc(C(F)(F)F)n1. The minimum absolute atomic E-state index is 0.350. The van der Waals surface area contributed by atoms with Crippen LogP contribution < -0.4 is 5.32 Å². The van der Waals surface area contributed by atoms with Gasteiger partial charge in [0.05, 0.1) is 22.4 Å². The summed E-state index contributed by atoms with van der Waals surface area (Å²) in [7, 11) is -3.32. The first kappa shape index (κ1) is 17.8. The molecule has 1 aliphatic rings. The molecule has 2 heterocycles. The normalized spacial score (nSPS) is 31.4. The Morgan fingerprint density at radius 2 is 2.13 bits per heavy atom. The molecule has 12 heteroatoms. The van der Waals surface area contributed by atoms with Crippen LogP contribution in [-0.2, 0) is 20.6 Å². The largest absolute Gasteiger partial charge is 0.433 e. The fraction of sp³-hybridized carbons (Fsp3) is 0.636. The number of aromatic nitrogens is 2. The number of alkyl halides is 3. The standard InChI is InChI=1S/C11H15F3N4O4S/c1-23(15,21)9-7(8(20)5(19)4-22-9)18-10-16-3-2-6(17-10)11(12,13)14/h2-3,5,7-9,15,19-20H,4H2,1H3,(H,16,17,18)/t5-,7+,8-,9+,23?/m0/s1. The molecule has 0 spiro atoms. The third-order valence-electron chi connectivity index (χ3n) is 3.17. The van der Waals surface area contributed by atoms with Gasteiger partial charge in [-0.15, -0.1) is 0 Å². The van der Waals surface area contributed by atoms with Gasteiger partial charge in [-0.2, -0.15) is 13.2 Å². The van der Waals surface area contributed by atoms with Gasteiger partial charge in [0, 0.05) is 12.5 Å². The second kappa shape index (κ2) is 6.19. The summed E-state index contributed by atoms with van der Waals surface area (Å²) in [4.78, 5) is 6.86. The molecule has 8 nitrogen and oxygen atoms in total. The van der Waals surface area contributed by atoms with Crippen LogP contribution in [0.1, 0.15) is 5.69 Å². The van der Waals surface area contributed by atoms with Crippen LogP contribution in [0.3, 0.4) is 0 Å². The number of ether oxygens (including phenoxy) is 1. The Balaban J connectivity index is 2.31. The first-order chi connectivity index (χ1) is 10.5. The lowest BCUT2D eigenvalue weighted by Gasteiger charge is -2.38. The minimum atomic E-state index is -4.69. The molecule has 1 unspecified atom stereocenters. The average Bonchev–Trinajstić information content (AvgIpc) is 2.42. The van der Waals surface area contributed by atoms with Gasteiger partial charge < -0.3 is 20.3 Å². The van der Waals surface area contributed by atoms with E-state index in [1.807, 2.05) is 0 Å². The smallest absolute Gasteiger partial charge is 0.388 e. The van der Waals surface area contributed by atoms with Gasteiger partial charge in [-0.1, -0.05) is 0 Å². The van der Waals surface area contributed by atoms with Gasteiger partial charge in [0.1, 0.15) is 17.9 Å². The van der Waals surface area contributed by atoms with Crippen LogP contribution in [0.2, 0.25) is 0 Å². The van der Waals surface area contributed by atoms with E-state index in [1.165, 1.54) is 0 Å². The second-order valence-corrected chi connectivity index (χ2v) is 7.37. The number of hydrogen-bond donors (Lipinski definition) is 4. The molecule has 130 valence electrons. The van der Waals surface area contributed by atoms with Gasteiger partial charge >= 0.3 is 6.18 Å². The molecular weight excluding hydrogens is 341 g/mol. The van der Waals surface area contributed by atoms with Crippen molar-refractivity contribution in [2.75, 3.05) is 18.2 Å². The lowest BCUT2D eigenvalue weighted by molar-refractivity contribution is -0.141. The Kier molecular flexibility index (Phi) is 4.80. The predicted molar refractivity (Wildman–Crippen MR) is 73.0 cm³/mol. The lowest BCUT2D eigenvalue weighted by atomic mass is 10.0.